The van der Waals surface area contributed by atoms with Gasteiger partial charge in [-0.3, -0.25) is 4.79 Å². The third kappa shape index (κ3) is 4.58. The molecule has 0 unspecified atom stereocenters. The van der Waals surface area contributed by atoms with Crippen LogP contribution in [0.3, 0.4) is 0 Å². The Hall–Kier alpha value is -1.46. The van der Waals surface area contributed by atoms with Gasteiger partial charge in [-0.1, -0.05) is 0 Å². The summed E-state index contributed by atoms with van der Waals surface area (Å²) in [5.41, 5.74) is 2.12. The van der Waals surface area contributed by atoms with E-state index in [0.717, 1.165) is 11.1 Å². The van der Waals surface area contributed by atoms with Crippen LogP contribution in [0.4, 0.5) is 0 Å². The summed E-state index contributed by atoms with van der Waals surface area (Å²) >= 11 is 0. The van der Waals surface area contributed by atoms with E-state index in [1.54, 1.807) is 33.2 Å². The Kier molecular flexibility index (Phi) is 8.03. The Morgan fingerprint density at radius 1 is 1.25 bits per heavy atom. The molecule has 0 aliphatic carbocycles. The van der Waals surface area contributed by atoms with Crippen LogP contribution in [-0.4, -0.2) is 45.7 Å². The summed E-state index contributed by atoms with van der Waals surface area (Å²) in [6.07, 6.45) is 0. The fraction of sp³-hybridized carbons (Fsp3) is 0.500. The number of hydrogen-bond donors (Lipinski definition) is 1. The van der Waals surface area contributed by atoms with E-state index in [4.69, 9.17) is 9.47 Å². The molecule has 1 amide bonds. The van der Waals surface area contributed by atoms with Gasteiger partial charge in [0.25, 0.3) is 0 Å². The Morgan fingerprint density at radius 2 is 1.80 bits per heavy atom. The summed E-state index contributed by atoms with van der Waals surface area (Å²) in [7, 11) is 6.76. The molecule has 20 heavy (non-hydrogen) atoms. The molecular weight excluding hydrogens is 280 g/mol. The van der Waals surface area contributed by atoms with Crippen LogP contribution in [0, 0.1) is 6.92 Å². The lowest BCUT2D eigenvalue weighted by Crippen LogP contribution is -2.33. The van der Waals surface area contributed by atoms with Gasteiger partial charge in [0, 0.05) is 13.6 Å². The van der Waals surface area contributed by atoms with Gasteiger partial charge in [0.15, 0.2) is 11.5 Å². The number of rotatable bonds is 6. The number of carbonyl (C=O) groups excluding carboxylic acids is 1. The van der Waals surface area contributed by atoms with E-state index >= 15 is 0 Å². The second kappa shape index (κ2) is 8.66. The van der Waals surface area contributed by atoms with Crippen molar-refractivity contribution in [3.63, 3.8) is 0 Å². The van der Waals surface area contributed by atoms with E-state index < -0.39 is 0 Å². The molecule has 1 aromatic rings. The summed E-state index contributed by atoms with van der Waals surface area (Å²) in [6, 6.07) is 3.84. The molecule has 1 rings (SSSR count). The highest BCUT2D eigenvalue weighted by molar-refractivity contribution is 5.85. The van der Waals surface area contributed by atoms with Crippen molar-refractivity contribution >= 4 is 18.3 Å². The van der Waals surface area contributed by atoms with Crippen molar-refractivity contribution in [1.29, 1.82) is 0 Å². The van der Waals surface area contributed by atoms with Crippen molar-refractivity contribution in [1.82, 2.24) is 10.2 Å². The number of nitrogens with one attached hydrogen (secondary N) is 1. The standard InChI is InChI=1S/C14H22N2O3.ClH/c1-10-6-12(18-4)13(19-5)7-11(10)9-16(3)14(17)8-15-2;/h6-7,15H,8-9H2,1-5H3;1H. The molecule has 0 bridgehead atoms. The number of nitrogens with zero attached hydrogens (tertiary/aromatic N) is 1. The van der Waals surface area contributed by atoms with Crippen molar-refractivity contribution in [3.05, 3.63) is 23.3 Å². The quantitative estimate of drug-likeness (QED) is 0.867. The number of carbonyl (C=O) groups is 1. The van der Waals surface area contributed by atoms with Crippen LogP contribution >= 0.6 is 12.4 Å². The van der Waals surface area contributed by atoms with Crippen molar-refractivity contribution < 1.29 is 14.3 Å². The van der Waals surface area contributed by atoms with Gasteiger partial charge >= 0.3 is 0 Å². The van der Waals surface area contributed by atoms with E-state index in [1.807, 2.05) is 19.1 Å². The minimum Gasteiger partial charge on any atom is -0.493 e. The number of ether oxygens (including phenoxy) is 2. The molecule has 114 valence electrons. The minimum atomic E-state index is 0. The molecule has 0 aliphatic rings. The highest BCUT2D eigenvalue weighted by Crippen LogP contribution is 2.30. The zero-order valence-corrected chi connectivity index (χ0v) is 13.5. The summed E-state index contributed by atoms with van der Waals surface area (Å²) in [4.78, 5) is 13.4. The first-order valence-corrected chi connectivity index (χ1v) is 6.13. The lowest BCUT2D eigenvalue weighted by molar-refractivity contribution is -0.129. The van der Waals surface area contributed by atoms with Crippen molar-refractivity contribution in [3.8, 4) is 11.5 Å². The molecule has 0 aromatic heterocycles. The van der Waals surface area contributed by atoms with Crippen LogP contribution in [0.25, 0.3) is 0 Å². The normalized spacial score (nSPS) is 9.65. The van der Waals surface area contributed by atoms with Crippen LogP contribution < -0.4 is 14.8 Å². The molecule has 0 heterocycles. The van der Waals surface area contributed by atoms with Crippen LogP contribution in [0.2, 0.25) is 0 Å². The second-order valence-corrected chi connectivity index (χ2v) is 4.41. The molecule has 1 N–H and O–H groups in total. The van der Waals surface area contributed by atoms with Crippen molar-refractivity contribution in [2.75, 3.05) is 34.9 Å². The van der Waals surface area contributed by atoms with Gasteiger partial charge in [-0.2, -0.15) is 0 Å². The molecule has 6 heteroatoms. The maximum Gasteiger partial charge on any atom is 0.236 e. The third-order valence-electron chi connectivity index (χ3n) is 3.00. The van der Waals surface area contributed by atoms with E-state index in [1.165, 1.54) is 0 Å². The summed E-state index contributed by atoms with van der Waals surface area (Å²) in [5, 5.41) is 2.85. The number of benzene rings is 1. The summed E-state index contributed by atoms with van der Waals surface area (Å²) in [5.74, 6) is 1.43. The molecule has 0 saturated heterocycles. The summed E-state index contributed by atoms with van der Waals surface area (Å²) in [6.45, 7) is 2.88. The molecule has 5 nitrogen and oxygen atoms in total. The third-order valence-corrected chi connectivity index (χ3v) is 3.00. The number of likely N-dealkylation sites (N-methyl/N-ethyl adjacent to an activating group) is 2. The van der Waals surface area contributed by atoms with Crippen molar-refractivity contribution in [2.45, 2.75) is 13.5 Å². The van der Waals surface area contributed by atoms with Gasteiger partial charge in [-0.05, 0) is 37.2 Å². The molecule has 0 aliphatic heterocycles. The Labute approximate surface area is 126 Å². The fourth-order valence-electron chi connectivity index (χ4n) is 1.82. The van der Waals surface area contributed by atoms with E-state index in [9.17, 15) is 4.79 Å². The van der Waals surface area contributed by atoms with Gasteiger partial charge in [0.05, 0.1) is 20.8 Å². The number of halogens is 1. The molecule has 0 radical (unpaired) electrons. The van der Waals surface area contributed by atoms with Gasteiger partial charge in [0.2, 0.25) is 5.91 Å². The maximum atomic E-state index is 11.7. The van der Waals surface area contributed by atoms with Crippen LogP contribution in [0.1, 0.15) is 11.1 Å². The molecule has 0 atom stereocenters. The first-order valence-electron chi connectivity index (χ1n) is 6.13. The molecule has 1 aromatic carbocycles. The Morgan fingerprint density at radius 3 is 2.30 bits per heavy atom. The molecule has 0 saturated carbocycles. The zero-order valence-electron chi connectivity index (χ0n) is 12.6. The highest BCUT2D eigenvalue weighted by Gasteiger charge is 2.13. The number of amides is 1. The first kappa shape index (κ1) is 18.5. The number of methoxy groups -OCH3 is 2. The SMILES string of the molecule is CNCC(=O)N(C)Cc1cc(OC)c(OC)cc1C.Cl. The van der Waals surface area contributed by atoms with E-state index in [-0.39, 0.29) is 18.3 Å². The smallest absolute Gasteiger partial charge is 0.236 e. The van der Waals surface area contributed by atoms with Gasteiger partial charge in [-0.15, -0.1) is 12.4 Å². The Bertz CT molecular complexity index is 452. The second-order valence-electron chi connectivity index (χ2n) is 4.41. The predicted molar refractivity (Wildman–Crippen MR) is 81.9 cm³/mol. The van der Waals surface area contributed by atoms with Gasteiger partial charge < -0.3 is 19.7 Å². The number of hydrogen-bond acceptors (Lipinski definition) is 4. The molecule has 0 fully saturated rings. The average Bonchev–Trinajstić information content (AvgIpc) is 2.40. The highest BCUT2D eigenvalue weighted by atomic mass is 35.5. The van der Waals surface area contributed by atoms with E-state index in [0.29, 0.717) is 24.6 Å². The maximum absolute atomic E-state index is 11.7. The zero-order chi connectivity index (χ0) is 14.4. The van der Waals surface area contributed by atoms with Gasteiger partial charge in [0.1, 0.15) is 0 Å². The minimum absolute atomic E-state index is 0. The molecule has 0 spiro atoms. The van der Waals surface area contributed by atoms with Crippen LogP contribution in [0.15, 0.2) is 12.1 Å². The summed E-state index contributed by atoms with van der Waals surface area (Å²) < 4.78 is 10.5. The average molecular weight is 303 g/mol. The number of aryl methyl sites for hydroxylation is 1. The fourth-order valence-corrected chi connectivity index (χ4v) is 1.82. The van der Waals surface area contributed by atoms with Gasteiger partial charge in [-0.25, -0.2) is 0 Å². The monoisotopic (exact) mass is 302 g/mol. The van der Waals surface area contributed by atoms with Crippen LogP contribution in [-0.2, 0) is 11.3 Å². The molecular formula is C14H23ClN2O3. The lowest BCUT2D eigenvalue weighted by atomic mass is 10.1. The van der Waals surface area contributed by atoms with Crippen LogP contribution in [0.5, 0.6) is 11.5 Å². The first-order chi connectivity index (χ1) is 9.03. The van der Waals surface area contributed by atoms with Crippen molar-refractivity contribution in [2.24, 2.45) is 0 Å². The lowest BCUT2D eigenvalue weighted by Gasteiger charge is -2.19. The topological polar surface area (TPSA) is 50.8 Å². The van der Waals surface area contributed by atoms with E-state index in [2.05, 4.69) is 5.32 Å². The predicted octanol–water partition coefficient (Wildman–Crippen LogP) is 1.61. The largest absolute Gasteiger partial charge is 0.493 e. The Balaban J connectivity index is 0.00000361.